The molecule has 0 N–H and O–H groups in total. The summed E-state index contributed by atoms with van der Waals surface area (Å²) in [4.78, 5) is 10.4. The summed E-state index contributed by atoms with van der Waals surface area (Å²) in [6.45, 7) is 8.71. The molecule has 8 heavy (non-hydrogen) atoms. The number of carbonyl (C=O) groups excluding carboxylic acids is 1. The molecule has 0 saturated heterocycles. The molecule has 0 fully saturated rings. The zero-order valence-corrected chi connectivity index (χ0v) is 7.95. The van der Waals surface area contributed by atoms with Crippen LogP contribution < -0.4 is 0 Å². The molecule has 2 heteroatoms. The average Bonchev–Trinajstić information content (AvgIpc) is 1.65. The Bertz CT molecular complexity index is 68.9. The normalized spacial score (nSPS) is 11.9. The fraction of sp³-hybridized carbons (Fsp3) is 0.500. The predicted octanol–water partition coefficient (Wildman–Crippen LogP) is 1.25. The third-order valence-corrected chi connectivity index (χ3v) is 0.796. The minimum atomic E-state index is -0.0856. The van der Waals surface area contributed by atoms with E-state index in [0.29, 0.717) is 6.42 Å². The van der Waals surface area contributed by atoms with E-state index in [0.717, 1.165) is 0 Å². The van der Waals surface area contributed by atoms with Gasteiger partial charge in [0.15, 0.2) is 0 Å². The van der Waals surface area contributed by atoms with E-state index in [-0.39, 0.29) is 32.8 Å². The minimum Gasteiger partial charge on any atom is -0.336 e. The van der Waals surface area contributed by atoms with E-state index >= 15 is 0 Å². The van der Waals surface area contributed by atoms with Gasteiger partial charge < -0.3 is 18.6 Å². The predicted molar refractivity (Wildman–Crippen MR) is 29.5 cm³/mol. The Labute approximate surface area is 65.1 Å². The molecule has 0 saturated carbocycles. The Balaban J connectivity index is 0. The van der Waals surface area contributed by atoms with Gasteiger partial charge in [0.1, 0.15) is 0 Å². The van der Waals surface area contributed by atoms with E-state index in [1.807, 2.05) is 0 Å². The quantitative estimate of drug-likeness (QED) is 0.697. The molecule has 0 bridgehead atoms. The van der Waals surface area contributed by atoms with Crippen molar-refractivity contribution in [1.29, 1.82) is 0 Å². The van der Waals surface area contributed by atoms with Gasteiger partial charge in [0, 0.05) is 0 Å². The van der Waals surface area contributed by atoms with Gasteiger partial charge in [-0.15, -0.1) is 12.3 Å². The van der Waals surface area contributed by atoms with Crippen LogP contribution in [0.25, 0.3) is 0 Å². The molecular weight excluding hydrogens is 272 g/mol. The van der Waals surface area contributed by atoms with Crippen molar-refractivity contribution in [1.82, 2.24) is 0 Å². The van der Waals surface area contributed by atoms with E-state index in [2.05, 4.69) is 13.8 Å². The van der Waals surface area contributed by atoms with Crippen LogP contribution in [0.4, 0.5) is 0 Å². The van der Waals surface area contributed by atoms with E-state index < -0.39 is 0 Å². The summed E-state index contributed by atoms with van der Waals surface area (Å²) in [6.07, 6.45) is 0.366. The van der Waals surface area contributed by atoms with Gasteiger partial charge in [-0.2, -0.15) is 0 Å². The van der Waals surface area contributed by atoms with Gasteiger partial charge in [-0.3, -0.25) is 0 Å². The van der Waals surface area contributed by atoms with Crippen LogP contribution in [0.1, 0.15) is 13.3 Å². The Morgan fingerprint density at radius 2 is 2.12 bits per heavy atom. The molecule has 0 spiro atoms. The van der Waals surface area contributed by atoms with Gasteiger partial charge in [0.05, 0.1) is 5.78 Å². The van der Waals surface area contributed by atoms with Gasteiger partial charge in [0.25, 0.3) is 0 Å². The van der Waals surface area contributed by atoms with Gasteiger partial charge in [-0.05, 0) is 0 Å². The molecule has 0 aromatic rings. The second-order valence-electron chi connectivity index (χ2n) is 1.62. The molecule has 1 atom stereocenters. The number of carbonyl (C=O) groups is 1. The van der Waals surface area contributed by atoms with Crippen molar-refractivity contribution < 1.29 is 25.9 Å². The van der Waals surface area contributed by atoms with Crippen molar-refractivity contribution in [2.24, 2.45) is 5.92 Å². The van der Waals surface area contributed by atoms with Gasteiger partial charge in [0.2, 0.25) is 0 Å². The summed E-state index contributed by atoms with van der Waals surface area (Å²) in [5, 5.41) is 0. The van der Waals surface area contributed by atoms with Gasteiger partial charge >= 0.3 is 21.1 Å². The van der Waals surface area contributed by atoms with Crippen LogP contribution >= 0.6 is 0 Å². The zero-order chi connectivity index (χ0) is 5.86. The first-order valence-corrected chi connectivity index (χ1v) is 2.33. The maximum absolute atomic E-state index is 10.4. The average molecular weight is 282 g/mol. The molecular formula is C6H10OW. The first-order valence-electron chi connectivity index (χ1n) is 2.33. The standard InChI is InChI=1S/C6H10O.W/c1-4-6(7)5(2)3;/h5H,1-2,4H2,3H3;/q-2;+2. The Morgan fingerprint density at radius 3 is 2.12 bits per heavy atom. The first kappa shape index (κ1) is 11.2. The smallest absolute Gasteiger partial charge is 0.336 e. The summed E-state index contributed by atoms with van der Waals surface area (Å²) in [6, 6.07) is 0. The van der Waals surface area contributed by atoms with Gasteiger partial charge in [-0.1, -0.05) is 6.92 Å². The van der Waals surface area contributed by atoms with E-state index in [9.17, 15) is 4.79 Å². The summed E-state index contributed by atoms with van der Waals surface area (Å²) >= 11 is 0. The largest absolute Gasteiger partial charge is 2.00 e. The number of Topliss-reactive ketones (excluding diaryl/α,β-unsaturated/α-hetero) is 1. The third-order valence-electron chi connectivity index (χ3n) is 0.796. The van der Waals surface area contributed by atoms with Crippen molar-refractivity contribution in [3.05, 3.63) is 13.8 Å². The van der Waals surface area contributed by atoms with Crippen LogP contribution in [0.3, 0.4) is 0 Å². The molecule has 1 unspecified atom stereocenters. The number of ketones is 1. The Hall–Kier alpha value is 0.358. The van der Waals surface area contributed by atoms with E-state index in [1.54, 1.807) is 6.92 Å². The van der Waals surface area contributed by atoms with Crippen molar-refractivity contribution in [2.75, 3.05) is 0 Å². The molecule has 0 amide bonds. The molecule has 0 aliphatic carbocycles. The fourth-order valence-electron chi connectivity index (χ4n) is 0.246. The molecule has 0 radical (unpaired) electrons. The molecule has 0 heterocycles. The van der Waals surface area contributed by atoms with Crippen molar-refractivity contribution in [3.63, 3.8) is 0 Å². The zero-order valence-electron chi connectivity index (χ0n) is 5.02. The van der Waals surface area contributed by atoms with Gasteiger partial charge in [-0.25, -0.2) is 0 Å². The van der Waals surface area contributed by atoms with Crippen LogP contribution in [0.2, 0.25) is 0 Å². The number of rotatable bonds is 2. The second-order valence-corrected chi connectivity index (χ2v) is 1.62. The molecule has 0 aliphatic rings. The van der Waals surface area contributed by atoms with Crippen LogP contribution in [-0.2, 0) is 25.9 Å². The number of hydrogen-bond donors (Lipinski definition) is 0. The van der Waals surface area contributed by atoms with Crippen LogP contribution in [0.15, 0.2) is 0 Å². The third kappa shape index (κ3) is 4.52. The maximum atomic E-state index is 10.4. The monoisotopic (exact) mass is 282 g/mol. The fourth-order valence-corrected chi connectivity index (χ4v) is 0.246. The second kappa shape index (κ2) is 5.49. The maximum Gasteiger partial charge on any atom is 2.00 e. The molecule has 0 rings (SSSR count). The molecule has 46 valence electrons. The molecule has 0 aromatic carbocycles. The van der Waals surface area contributed by atoms with Crippen molar-refractivity contribution >= 4 is 5.78 Å². The van der Waals surface area contributed by atoms with Crippen molar-refractivity contribution in [2.45, 2.75) is 13.3 Å². The summed E-state index contributed by atoms with van der Waals surface area (Å²) < 4.78 is 0. The molecule has 1 nitrogen and oxygen atoms in total. The Morgan fingerprint density at radius 1 is 1.75 bits per heavy atom. The van der Waals surface area contributed by atoms with Crippen LogP contribution in [0.5, 0.6) is 0 Å². The molecule has 0 aromatic heterocycles. The van der Waals surface area contributed by atoms with Crippen LogP contribution in [0, 0.1) is 19.8 Å². The van der Waals surface area contributed by atoms with E-state index in [4.69, 9.17) is 0 Å². The summed E-state index contributed by atoms with van der Waals surface area (Å²) in [5.41, 5.74) is 0. The minimum absolute atomic E-state index is 0. The topological polar surface area (TPSA) is 17.1 Å². The summed E-state index contributed by atoms with van der Waals surface area (Å²) in [5.74, 6) is 0.0394. The SMILES string of the molecule is [CH2-]CC(=O)C([CH2-])C.[W+2]. The summed E-state index contributed by atoms with van der Waals surface area (Å²) in [7, 11) is 0. The number of hydrogen-bond acceptors (Lipinski definition) is 1. The van der Waals surface area contributed by atoms with Crippen LogP contribution in [-0.4, -0.2) is 5.78 Å². The van der Waals surface area contributed by atoms with Crippen molar-refractivity contribution in [3.8, 4) is 0 Å². The first-order chi connectivity index (χ1) is 3.18. The Kier molecular flexibility index (Phi) is 7.69. The molecule has 0 aliphatic heterocycles. The van der Waals surface area contributed by atoms with E-state index in [1.165, 1.54) is 0 Å².